The molecule has 0 fully saturated rings. The number of hydrogen-bond acceptors (Lipinski definition) is 4. The maximum Gasteiger partial charge on any atom is 0.252 e. The highest BCUT2D eigenvalue weighted by atomic mass is 16.1. The van der Waals surface area contributed by atoms with Gasteiger partial charge in [0.2, 0.25) is 0 Å². The van der Waals surface area contributed by atoms with Crippen molar-refractivity contribution < 1.29 is 0 Å². The van der Waals surface area contributed by atoms with Gasteiger partial charge in [-0.2, -0.15) is 0 Å². The Kier molecular flexibility index (Phi) is 4.98. The van der Waals surface area contributed by atoms with Crippen molar-refractivity contribution in [2.24, 2.45) is 0 Å². The number of anilines is 1. The second kappa shape index (κ2) is 6.27. The zero-order valence-electron chi connectivity index (χ0n) is 10.2. The number of nitrogens with zero attached hydrogens (tertiary/aromatic N) is 2. The molecule has 16 heavy (non-hydrogen) atoms. The first-order chi connectivity index (χ1) is 7.63. The average Bonchev–Trinajstić information content (AvgIpc) is 2.28. The molecule has 0 aliphatic carbocycles. The summed E-state index contributed by atoms with van der Waals surface area (Å²) in [5, 5.41) is 3.12. The van der Waals surface area contributed by atoms with Crippen LogP contribution in [0, 0.1) is 0 Å². The number of rotatable bonds is 6. The molecule has 0 aliphatic rings. The molecular formula is C11H20N4O. The zero-order valence-corrected chi connectivity index (χ0v) is 10.2. The molecular weight excluding hydrogens is 204 g/mol. The number of hydrogen-bond donors (Lipinski definition) is 2. The molecule has 1 unspecified atom stereocenters. The van der Waals surface area contributed by atoms with Crippen LogP contribution in [0.4, 0.5) is 5.82 Å². The smallest absolute Gasteiger partial charge is 0.252 e. The quantitative estimate of drug-likeness (QED) is 0.754. The van der Waals surface area contributed by atoms with Crippen LogP contribution in [-0.4, -0.2) is 41.0 Å². The van der Waals surface area contributed by atoms with Crippen LogP contribution in [0.2, 0.25) is 0 Å². The summed E-state index contributed by atoms with van der Waals surface area (Å²) in [6, 6.07) is 2.04. The standard InChI is InChI=1S/C11H20N4O/c1-4-9(2)15(3)6-5-12-10-7-11(16)14-8-13-10/h7-9H,4-6H2,1-3H3,(H2,12,13,14,16). The Morgan fingerprint density at radius 1 is 1.62 bits per heavy atom. The van der Waals surface area contributed by atoms with Gasteiger partial charge in [-0.25, -0.2) is 4.98 Å². The molecule has 1 heterocycles. The molecule has 1 aromatic rings. The van der Waals surface area contributed by atoms with Gasteiger partial charge in [0.1, 0.15) is 5.82 Å². The fourth-order valence-electron chi connectivity index (χ4n) is 1.36. The summed E-state index contributed by atoms with van der Waals surface area (Å²) >= 11 is 0. The van der Waals surface area contributed by atoms with E-state index >= 15 is 0 Å². The van der Waals surface area contributed by atoms with Crippen LogP contribution in [0.5, 0.6) is 0 Å². The van der Waals surface area contributed by atoms with Gasteiger partial charge in [0, 0.05) is 25.2 Å². The fraction of sp³-hybridized carbons (Fsp3) is 0.636. The van der Waals surface area contributed by atoms with E-state index < -0.39 is 0 Å². The molecule has 90 valence electrons. The van der Waals surface area contributed by atoms with Crippen LogP contribution >= 0.6 is 0 Å². The summed E-state index contributed by atoms with van der Waals surface area (Å²) in [5.74, 6) is 0.626. The highest BCUT2D eigenvalue weighted by Crippen LogP contribution is 2.00. The molecule has 0 aliphatic heterocycles. The predicted molar refractivity (Wildman–Crippen MR) is 65.7 cm³/mol. The number of aromatic nitrogens is 2. The van der Waals surface area contributed by atoms with Gasteiger partial charge in [0.15, 0.2) is 0 Å². The zero-order chi connectivity index (χ0) is 12.0. The minimum absolute atomic E-state index is 0.132. The molecule has 0 spiro atoms. The van der Waals surface area contributed by atoms with Gasteiger partial charge in [-0.05, 0) is 20.4 Å². The maximum absolute atomic E-state index is 11.0. The van der Waals surface area contributed by atoms with Gasteiger partial charge >= 0.3 is 0 Å². The highest BCUT2D eigenvalue weighted by molar-refractivity contribution is 5.31. The van der Waals surface area contributed by atoms with E-state index in [1.807, 2.05) is 0 Å². The number of nitrogens with one attached hydrogen (secondary N) is 2. The topological polar surface area (TPSA) is 61.0 Å². The average molecular weight is 224 g/mol. The van der Waals surface area contributed by atoms with Gasteiger partial charge in [0.25, 0.3) is 5.56 Å². The lowest BCUT2D eigenvalue weighted by molar-refractivity contribution is 0.261. The summed E-state index contributed by atoms with van der Waals surface area (Å²) in [4.78, 5) is 19.8. The summed E-state index contributed by atoms with van der Waals surface area (Å²) in [6.07, 6.45) is 2.54. The van der Waals surface area contributed by atoms with Crippen LogP contribution in [0.15, 0.2) is 17.2 Å². The lowest BCUT2D eigenvalue weighted by Crippen LogP contribution is -2.32. The van der Waals surface area contributed by atoms with Gasteiger partial charge in [0.05, 0.1) is 6.33 Å². The Balaban J connectivity index is 2.33. The molecule has 2 N–H and O–H groups in total. The molecule has 5 heteroatoms. The Bertz CT molecular complexity index is 363. The molecule has 0 aromatic carbocycles. The monoisotopic (exact) mass is 224 g/mol. The normalized spacial score (nSPS) is 12.8. The van der Waals surface area contributed by atoms with Crippen LogP contribution in [0.25, 0.3) is 0 Å². The van der Waals surface area contributed by atoms with Crippen LogP contribution in [0.3, 0.4) is 0 Å². The van der Waals surface area contributed by atoms with E-state index in [1.54, 1.807) is 0 Å². The van der Waals surface area contributed by atoms with Gasteiger partial charge < -0.3 is 15.2 Å². The van der Waals surface area contributed by atoms with Gasteiger partial charge in [-0.3, -0.25) is 4.79 Å². The Morgan fingerprint density at radius 3 is 3.00 bits per heavy atom. The van der Waals surface area contributed by atoms with E-state index in [0.717, 1.165) is 19.5 Å². The molecule has 1 atom stereocenters. The highest BCUT2D eigenvalue weighted by Gasteiger charge is 2.05. The Hall–Kier alpha value is -1.36. The predicted octanol–water partition coefficient (Wildman–Crippen LogP) is 0.912. The van der Waals surface area contributed by atoms with E-state index in [4.69, 9.17) is 0 Å². The first kappa shape index (κ1) is 12.7. The Labute approximate surface area is 95.9 Å². The van der Waals surface area contributed by atoms with Crippen molar-refractivity contribution in [3.63, 3.8) is 0 Å². The van der Waals surface area contributed by atoms with E-state index in [2.05, 4.69) is 41.1 Å². The summed E-state index contributed by atoms with van der Waals surface area (Å²) in [5.41, 5.74) is -0.132. The first-order valence-electron chi connectivity index (χ1n) is 5.62. The third-order valence-electron chi connectivity index (χ3n) is 2.79. The number of likely N-dealkylation sites (N-methyl/N-ethyl adjacent to an activating group) is 1. The van der Waals surface area contributed by atoms with Crippen LogP contribution in [-0.2, 0) is 0 Å². The van der Waals surface area contributed by atoms with E-state index in [1.165, 1.54) is 12.4 Å². The second-order valence-electron chi connectivity index (χ2n) is 3.96. The molecule has 0 saturated heterocycles. The van der Waals surface area contributed by atoms with E-state index in [0.29, 0.717) is 11.9 Å². The first-order valence-corrected chi connectivity index (χ1v) is 5.62. The van der Waals surface area contributed by atoms with Crippen molar-refractivity contribution in [3.05, 3.63) is 22.7 Å². The molecule has 0 bridgehead atoms. The summed E-state index contributed by atoms with van der Waals surface area (Å²) in [6.45, 7) is 6.10. The van der Waals surface area contributed by atoms with Crippen molar-refractivity contribution in [2.45, 2.75) is 26.3 Å². The van der Waals surface area contributed by atoms with Crippen LogP contribution in [0.1, 0.15) is 20.3 Å². The van der Waals surface area contributed by atoms with Crippen molar-refractivity contribution in [2.75, 3.05) is 25.5 Å². The summed E-state index contributed by atoms with van der Waals surface area (Å²) in [7, 11) is 2.10. The van der Waals surface area contributed by atoms with Crippen molar-refractivity contribution in [1.82, 2.24) is 14.9 Å². The molecule has 1 rings (SSSR count). The van der Waals surface area contributed by atoms with E-state index in [-0.39, 0.29) is 5.56 Å². The fourth-order valence-corrected chi connectivity index (χ4v) is 1.36. The SMILES string of the molecule is CCC(C)N(C)CCNc1cc(=O)[nH]cn1. The molecule has 0 saturated carbocycles. The van der Waals surface area contributed by atoms with Crippen LogP contribution < -0.4 is 10.9 Å². The third kappa shape index (κ3) is 4.02. The van der Waals surface area contributed by atoms with Crippen molar-refractivity contribution >= 4 is 5.82 Å². The lowest BCUT2D eigenvalue weighted by atomic mass is 10.2. The summed E-state index contributed by atoms with van der Waals surface area (Å²) < 4.78 is 0. The lowest BCUT2D eigenvalue weighted by Gasteiger charge is -2.23. The molecule has 5 nitrogen and oxygen atoms in total. The second-order valence-corrected chi connectivity index (χ2v) is 3.96. The maximum atomic E-state index is 11.0. The Morgan fingerprint density at radius 2 is 2.38 bits per heavy atom. The molecule has 0 radical (unpaired) electrons. The minimum atomic E-state index is -0.132. The van der Waals surface area contributed by atoms with Gasteiger partial charge in [-0.15, -0.1) is 0 Å². The van der Waals surface area contributed by atoms with E-state index in [9.17, 15) is 4.79 Å². The van der Waals surface area contributed by atoms with Gasteiger partial charge in [-0.1, -0.05) is 6.92 Å². The molecule has 0 amide bonds. The van der Waals surface area contributed by atoms with Crippen molar-refractivity contribution in [3.8, 4) is 0 Å². The number of H-pyrrole nitrogens is 1. The van der Waals surface area contributed by atoms with Crippen molar-refractivity contribution in [1.29, 1.82) is 0 Å². The third-order valence-corrected chi connectivity index (χ3v) is 2.79. The minimum Gasteiger partial charge on any atom is -0.369 e. The number of aromatic amines is 1. The largest absolute Gasteiger partial charge is 0.369 e. The molecule has 1 aromatic heterocycles.